The predicted molar refractivity (Wildman–Crippen MR) is 78.5 cm³/mol. The summed E-state index contributed by atoms with van der Waals surface area (Å²) in [6.07, 6.45) is 4.40. The Morgan fingerprint density at radius 2 is 1.57 bits per heavy atom. The van der Waals surface area contributed by atoms with Gasteiger partial charge in [0.05, 0.1) is 0 Å². The quantitative estimate of drug-likeness (QED) is 0.433. The third-order valence-electron chi connectivity index (χ3n) is 3.52. The molecule has 1 aliphatic carbocycles. The summed E-state index contributed by atoms with van der Waals surface area (Å²) < 4.78 is 9.89. The van der Waals surface area contributed by atoms with Crippen LogP contribution in [0.5, 0.6) is 0 Å². The maximum absolute atomic E-state index is 12.0. The van der Waals surface area contributed by atoms with Crippen molar-refractivity contribution < 1.29 is 29.0 Å². The monoisotopic (exact) mass is 319 g/mol. The summed E-state index contributed by atoms with van der Waals surface area (Å²) in [4.78, 5) is 35.5. The van der Waals surface area contributed by atoms with Crippen molar-refractivity contribution in [3.8, 4) is 0 Å². The first kappa shape index (κ1) is 17.0. The van der Waals surface area contributed by atoms with E-state index in [0.29, 0.717) is 0 Å². The molecule has 23 heavy (non-hydrogen) atoms. The highest BCUT2D eigenvalue weighted by molar-refractivity contribution is 6.15. The van der Waals surface area contributed by atoms with E-state index in [1.54, 1.807) is 0 Å². The molecule has 0 unspecified atom stereocenters. The van der Waals surface area contributed by atoms with Gasteiger partial charge in [-0.2, -0.15) is 0 Å². The molecule has 0 saturated carbocycles. The van der Waals surface area contributed by atoms with Crippen molar-refractivity contribution in [3.05, 3.63) is 35.1 Å². The van der Waals surface area contributed by atoms with Gasteiger partial charge in [-0.1, -0.05) is 26.0 Å². The first-order chi connectivity index (χ1) is 10.5. The van der Waals surface area contributed by atoms with Crippen LogP contribution in [0.15, 0.2) is 35.1 Å². The number of ether oxygens (including phenoxy) is 2. The third kappa shape index (κ3) is 3.88. The van der Waals surface area contributed by atoms with Crippen LogP contribution in [0.2, 0.25) is 0 Å². The molecule has 0 aromatic heterocycles. The molecule has 2 aliphatic rings. The van der Waals surface area contributed by atoms with Gasteiger partial charge in [-0.3, -0.25) is 4.79 Å². The number of cyclic esters (lactones) is 2. The minimum atomic E-state index is -1.30. The van der Waals surface area contributed by atoms with Crippen molar-refractivity contribution >= 4 is 17.7 Å². The van der Waals surface area contributed by atoms with Crippen molar-refractivity contribution in [2.24, 2.45) is 5.41 Å². The molecule has 0 N–H and O–H groups in total. The molecule has 6 heteroatoms. The molecule has 0 atom stereocenters. The van der Waals surface area contributed by atoms with E-state index < -0.39 is 17.7 Å². The molecule has 6 nitrogen and oxygen atoms in total. The zero-order valence-corrected chi connectivity index (χ0v) is 13.6. The van der Waals surface area contributed by atoms with E-state index in [1.165, 1.54) is 32.1 Å². The Labute approximate surface area is 134 Å². The van der Waals surface area contributed by atoms with Gasteiger partial charge >= 0.3 is 11.9 Å². The molecule has 0 aromatic rings. The number of esters is 2. The molecule has 124 valence electrons. The maximum atomic E-state index is 12.0. The lowest BCUT2D eigenvalue weighted by molar-refractivity contribution is -0.312. The Morgan fingerprint density at radius 1 is 1.00 bits per heavy atom. The molecule has 1 fully saturated rings. The average Bonchev–Trinajstić information content (AvgIpc) is 2.32. The van der Waals surface area contributed by atoms with Crippen LogP contribution in [-0.4, -0.2) is 23.5 Å². The van der Waals surface area contributed by atoms with Gasteiger partial charge in [0.25, 0.3) is 5.79 Å². The van der Waals surface area contributed by atoms with Gasteiger partial charge in [-0.25, -0.2) is 9.59 Å². The van der Waals surface area contributed by atoms with E-state index in [9.17, 15) is 19.5 Å². The largest absolute Gasteiger partial charge is 0.875 e. The zero-order valence-electron chi connectivity index (χ0n) is 13.6. The summed E-state index contributed by atoms with van der Waals surface area (Å²) in [6, 6.07) is 0. The van der Waals surface area contributed by atoms with Crippen LogP contribution < -0.4 is 5.11 Å². The Balaban J connectivity index is 2.20. The van der Waals surface area contributed by atoms with Gasteiger partial charge in [-0.05, 0) is 17.9 Å². The van der Waals surface area contributed by atoms with Crippen LogP contribution >= 0.6 is 0 Å². The minimum absolute atomic E-state index is 0.0825. The third-order valence-corrected chi connectivity index (χ3v) is 3.52. The summed E-state index contributed by atoms with van der Waals surface area (Å²) in [5.41, 5.74) is -0.539. The predicted octanol–water partition coefficient (Wildman–Crippen LogP) is 1.31. The molecule has 1 saturated heterocycles. The van der Waals surface area contributed by atoms with Crippen molar-refractivity contribution in [2.45, 2.75) is 46.3 Å². The maximum Gasteiger partial charge on any atom is 0.348 e. The normalized spacial score (nSPS) is 23.8. The lowest BCUT2D eigenvalue weighted by Gasteiger charge is -2.34. The summed E-state index contributed by atoms with van der Waals surface area (Å²) in [6.45, 7) is 6.63. The highest BCUT2D eigenvalue weighted by Gasteiger charge is 2.38. The van der Waals surface area contributed by atoms with Crippen molar-refractivity contribution in [1.29, 1.82) is 0 Å². The Hall–Kier alpha value is -2.37. The first-order valence-electron chi connectivity index (χ1n) is 7.29. The molecule has 2 rings (SSSR count). The topological polar surface area (TPSA) is 92.7 Å². The van der Waals surface area contributed by atoms with Crippen LogP contribution in [0.25, 0.3) is 0 Å². The molecule has 0 amide bonds. The lowest BCUT2D eigenvalue weighted by Crippen LogP contribution is -2.41. The number of rotatable bonds is 2. The number of hydrogen-bond acceptors (Lipinski definition) is 6. The minimum Gasteiger partial charge on any atom is -0.875 e. The summed E-state index contributed by atoms with van der Waals surface area (Å²) in [7, 11) is 0. The SMILES string of the molecule is CC1(C)CC(=O)C(C=CC=C2C(=O)OC(C)(C)OC2=O)=C([O-])C1. The van der Waals surface area contributed by atoms with Gasteiger partial charge in [0, 0.05) is 25.8 Å². The zero-order chi connectivity index (χ0) is 17.4. The number of carbonyl (C=O) groups excluding carboxylic acids is 3. The van der Waals surface area contributed by atoms with Crippen LogP contribution in [0, 0.1) is 5.41 Å². The summed E-state index contributed by atoms with van der Waals surface area (Å²) >= 11 is 0. The number of allylic oxidation sites excluding steroid dienone is 5. The summed E-state index contributed by atoms with van der Waals surface area (Å²) in [5.74, 6) is -3.39. The standard InChI is InChI=1S/C17H20O6/c1-16(2)8-12(18)10(13(19)9-16)6-5-7-11-14(20)22-17(3,4)23-15(11)21/h5-7,18H,8-9H2,1-4H3/p-1. The molecule has 0 spiro atoms. The van der Waals surface area contributed by atoms with Gasteiger partial charge in [0.15, 0.2) is 5.78 Å². The van der Waals surface area contributed by atoms with Crippen LogP contribution in [-0.2, 0) is 23.9 Å². The fraction of sp³-hybridized carbons (Fsp3) is 0.471. The smallest absolute Gasteiger partial charge is 0.348 e. The van der Waals surface area contributed by atoms with Crippen LogP contribution in [0.1, 0.15) is 40.5 Å². The molecule has 0 bridgehead atoms. The second-order valence-corrected chi connectivity index (χ2v) is 6.90. The Kier molecular flexibility index (Phi) is 4.20. The van der Waals surface area contributed by atoms with Crippen molar-refractivity contribution in [2.75, 3.05) is 0 Å². The van der Waals surface area contributed by atoms with Crippen LogP contribution in [0.4, 0.5) is 0 Å². The number of ketones is 1. The van der Waals surface area contributed by atoms with E-state index >= 15 is 0 Å². The molecular weight excluding hydrogens is 300 g/mol. The van der Waals surface area contributed by atoms with Gasteiger partial charge < -0.3 is 14.6 Å². The highest BCUT2D eigenvalue weighted by Crippen LogP contribution is 2.35. The van der Waals surface area contributed by atoms with E-state index in [2.05, 4.69) is 0 Å². The van der Waals surface area contributed by atoms with E-state index in [0.717, 1.165) is 0 Å². The molecular formula is C17H19O6-. The Morgan fingerprint density at radius 3 is 2.09 bits per heavy atom. The van der Waals surface area contributed by atoms with Gasteiger partial charge in [0.2, 0.25) is 0 Å². The second kappa shape index (κ2) is 5.68. The summed E-state index contributed by atoms with van der Waals surface area (Å²) in [5, 5.41) is 12.0. The van der Waals surface area contributed by atoms with Crippen molar-refractivity contribution in [3.63, 3.8) is 0 Å². The molecule has 1 aliphatic heterocycles. The van der Waals surface area contributed by atoms with Gasteiger partial charge in [0.1, 0.15) is 5.57 Å². The van der Waals surface area contributed by atoms with E-state index in [-0.39, 0.29) is 40.9 Å². The Bertz CT molecular complexity index is 639. The fourth-order valence-electron chi connectivity index (χ4n) is 2.50. The number of hydrogen-bond donors (Lipinski definition) is 0. The first-order valence-corrected chi connectivity index (χ1v) is 7.29. The van der Waals surface area contributed by atoms with Crippen LogP contribution in [0.3, 0.4) is 0 Å². The molecule has 0 radical (unpaired) electrons. The number of carbonyl (C=O) groups is 3. The van der Waals surface area contributed by atoms with Gasteiger partial charge in [-0.15, -0.1) is 5.76 Å². The number of Topliss-reactive ketones (excluding diaryl/α,β-unsaturated/α-hetero) is 1. The lowest BCUT2D eigenvalue weighted by atomic mass is 9.76. The van der Waals surface area contributed by atoms with E-state index in [1.807, 2.05) is 13.8 Å². The van der Waals surface area contributed by atoms with E-state index in [4.69, 9.17) is 9.47 Å². The molecule has 1 heterocycles. The van der Waals surface area contributed by atoms with Crippen molar-refractivity contribution in [1.82, 2.24) is 0 Å². The average molecular weight is 319 g/mol. The fourth-order valence-corrected chi connectivity index (χ4v) is 2.50. The highest BCUT2D eigenvalue weighted by atomic mass is 16.7. The second-order valence-electron chi connectivity index (χ2n) is 6.90. The molecule has 0 aromatic carbocycles.